The zero-order valence-corrected chi connectivity index (χ0v) is 17.6. The lowest BCUT2D eigenvalue weighted by Crippen LogP contribution is -2.38. The monoisotopic (exact) mass is 443 g/mol. The second kappa shape index (κ2) is 7.14. The maximum absolute atomic E-state index is 12.9. The van der Waals surface area contributed by atoms with Gasteiger partial charge in [0.25, 0.3) is 11.6 Å². The third-order valence-electron chi connectivity index (χ3n) is 5.63. The highest BCUT2D eigenvalue weighted by Crippen LogP contribution is 2.43. The first-order valence-electron chi connectivity index (χ1n) is 9.66. The number of nitrogens with one attached hydrogen (secondary N) is 2. The topological polar surface area (TPSA) is 97.4 Å². The number of halogens is 1. The molecule has 0 saturated heterocycles. The first kappa shape index (κ1) is 19.1. The fourth-order valence-electron chi connectivity index (χ4n) is 4.07. The molecular weight excluding hydrogens is 426 g/mol. The number of benzene rings is 1. The van der Waals surface area contributed by atoms with E-state index in [4.69, 9.17) is 16.0 Å². The SMILES string of the molecule is C[C@@H]1CCc2c(sc3c2C(=O)N[C@@H](c2ccc(-c4cc([N+](=O)[O-])ccc4Cl)o2)N3)C1. The lowest BCUT2D eigenvalue weighted by atomic mass is 9.88. The van der Waals surface area contributed by atoms with E-state index in [9.17, 15) is 14.9 Å². The van der Waals surface area contributed by atoms with Gasteiger partial charge < -0.3 is 15.1 Å². The van der Waals surface area contributed by atoms with Gasteiger partial charge in [0.05, 0.1) is 15.5 Å². The van der Waals surface area contributed by atoms with E-state index in [2.05, 4.69) is 17.6 Å². The zero-order valence-electron chi connectivity index (χ0n) is 16.0. The molecule has 0 saturated carbocycles. The van der Waals surface area contributed by atoms with Crippen molar-refractivity contribution < 1.29 is 14.1 Å². The molecule has 7 nitrogen and oxygen atoms in total. The van der Waals surface area contributed by atoms with Gasteiger partial charge in [-0.3, -0.25) is 14.9 Å². The number of amides is 1. The van der Waals surface area contributed by atoms with Crippen molar-refractivity contribution in [3.05, 3.63) is 67.2 Å². The normalized spacial score (nSPS) is 20.1. The van der Waals surface area contributed by atoms with Crippen molar-refractivity contribution in [2.75, 3.05) is 5.32 Å². The van der Waals surface area contributed by atoms with Gasteiger partial charge in [-0.2, -0.15) is 0 Å². The lowest BCUT2D eigenvalue weighted by Gasteiger charge is -2.25. The van der Waals surface area contributed by atoms with Crippen LogP contribution in [-0.2, 0) is 12.8 Å². The van der Waals surface area contributed by atoms with Gasteiger partial charge in [0.2, 0.25) is 0 Å². The highest BCUT2D eigenvalue weighted by Gasteiger charge is 2.34. The van der Waals surface area contributed by atoms with E-state index in [-0.39, 0.29) is 11.6 Å². The van der Waals surface area contributed by atoms with Crippen LogP contribution in [0, 0.1) is 16.0 Å². The van der Waals surface area contributed by atoms with E-state index in [0.717, 1.165) is 29.8 Å². The van der Waals surface area contributed by atoms with Crippen LogP contribution in [0.1, 0.15) is 46.1 Å². The number of non-ortho nitro benzene ring substituents is 1. The highest BCUT2D eigenvalue weighted by molar-refractivity contribution is 7.16. The number of nitrogens with zero attached hydrogens (tertiary/aromatic N) is 1. The Morgan fingerprint density at radius 1 is 1.27 bits per heavy atom. The van der Waals surface area contributed by atoms with Crippen molar-refractivity contribution in [1.29, 1.82) is 0 Å². The minimum atomic E-state index is -0.520. The number of carbonyl (C=O) groups is 1. The molecule has 0 spiro atoms. The van der Waals surface area contributed by atoms with Gasteiger partial charge in [-0.05, 0) is 48.9 Å². The minimum Gasteiger partial charge on any atom is -0.457 e. The van der Waals surface area contributed by atoms with Gasteiger partial charge in [0, 0.05) is 22.6 Å². The average Bonchev–Trinajstić information content (AvgIpc) is 3.32. The van der Waals surface area contributed by atoms with E-state index in [1.807, 2.05) is 0 Å². The van der Waals surface area contributed by atoms with Gasteiger partial charge in [-0.1, -0.05) is 18.5 Å². The minimum absolute atomic E-state index is 0.0699. The molecule has 5 rings (SSSR count). The third-order valence-corrected chi connectivity index (χ3v) is 7.14. The van der Waals surface area contributed by atoms with Gasteiger partial charge in [-0.25, -0.2) is 0 Å². The average molecular weight is 444 g/mol. The summed E-state index contributed by atoms with van der Waals surface area (Å²) in [6.07, 6.45) is 2.51. The van der Waals surface area contributed by atoms with Crippen LogP contribution in [0.2, 0.25) is 5.02 Å². The van der Waals surface area contributed by atoms with Crippen LogP contribution >= 0.6 is 22.9 Å². The molecule has 1 aromatic carbocycles. The molecule has 0 unspecified atom stereocenters. The second-order valence-electron chi connectivity index (χ2n) is 7.73. The molecular formula is C21H18ClN3O4S. The van der Waals surface area contributed by atoms with Crippen molar-refractivity contribution in [2.45, 2.75) is 32.4 Å². The largest absolute Gasteiger partial charge is 0.457 e. The Morgan fingerprint density at radius 2 is 2.10 bits per heavy atom. The summed E-state index contributed by atoms with van der Waals surface area (Å²) >= 11 is 7.87. The molecule has 0 radical (unpaired) electrons. The predicted octanol–water partition coefficient (Wildman–Crippen LogP) is 5.55. The van der Waals surface area contributed by atoms with Crippen molar-refractivity contribution >= 4 is 39.5 Å². The number of hydrogen-bond donors (Lipinski definition) is 2. The highest BCUT2D eigenvalue weighted by atomic mass is 35.5. The summed E-state index contributed by atoms with van der Waals surface area (Å²) < 4.78 is 5.93. The molecule has 2 atom stereocenters. The maximum atomic E-state index is 12.9. The molecule has 9 heteroatoms. The van der Waals surface area contributed by atoms with E-state index >= 15 is 0 Å². The Labute approximate surface area is 181 Å². The van der Waals surface area contributed by atoms with Gasteiger partial charge in [-0.15, -0.1) is 11.3 Å². The Morgan fingerprint density at radius 3 is 2.90 bits per heavy atom. The zero-order chi connectivity index (χ0) is 21.0. The molecule has 3 aromatic rings. The number of carbonyl (C=O) groups excluding carboxylic acids is 1. The molecule has 1 aliphatic carbocycles. The van der Waals surface area contributed by atoms with E-state index in [0.29, 0.717) is 28.0 Å². The van der Waals surface area contributed by atoms with Crippen LogP contribution in [0.5, 0.6) is 0 Å². The maximum Gasteiger partial charge on any atom is 0.270 e. The summed E-state index contributed by atoms with van der Waals surface area (Å²) in [5.74, 6) is 1.43. The first-order valence-corrected chi connectivity index (χ1v) is 10.9. The van der Waals surface area contributed by atoms with Crippen LogP contribution in [0.3, 0.4) is 0 Å². The molecule has 2 N–H and O–H groups in total. The fraction of sp³-hybridized carbons (Fsp3) is 0.286. The summed E-state index contributed by atoms with van der Waals surface area (Å²) in [7, 11) is 0. The summed E-state index contributed by atoms with van der Waals surface area (Å²) in [4.78, 5) is 24.7. The third kappa shape index (κ3) is 3.16. The lowest BCUT2D eigenvalue weighted by molar-refractivity contribution is -0.384. The fourth-order valence-corrected chi connectivity index (χ4v) is 5.72. The smallest absolute Gasteiger partial charge is 0.270 e. The number of nitro groups is 1. The Balaban J connectivity index is 1.45. The van der Waals surface area contributed by atoms with Crippen LogP contribution in [0.25, 0.3) is 11.3 Å². The molecule has 30 heavy (non-hydrogen) atoms. The Bertz CT molecular complexity index is 1190. The van der Waals surface area contributed by atoms with E-state index in [1.165, 1.54) is 28.6 Å². The van der Waals surface area contributed by atoms with Crippen LogP contribution in [0.15, 0.2) is 34.7 Å². The van der Waals surface area contributed by atoms with Crippen molar-refractivity contribution in [3.63, 3.8) is 0 Å². The van der Waals surface area contributed by atoms with Crippen molar-refractivity contribution in [1.82, 2.24) is 5.32 Å². The molecule has 2 aromatic heterocycles. The Kier molecular flexibility index (Phi) is 4.56. The first-order chi connectivity index (χ1) is 14.4. The van der Waals surface area contributed by atoms with Gasteiger partial charge in [0.1, 0.15) is 16.5 Å². The quantitative estimate of drug-likeness (QED) is 0.408. The summed E-state index contributed by atoms with van der Waals surface area (Å²) in [5, 5.41) is 18.6. The summed E-state index contributed by atoms with van der Waals surface area (Å²) in [6, 6.07) is 7.64. The van der Waals surface area contributed by atoms with Crippen LogP contribution in [-0.4, -0.2) is 10.8 Å². The summed E-state index contributed by atoms with van der Waals surface area (Å²) in [6.45, 7) is 2.24. The number of nitro benzene ring substituents is 1. The molecule has 0 fully saturated rings. The van der Waals surface area contributed by atoms with Crippen molar-refractivity contribution in [3.8, 4) is 11.3 Å². The van der Waals surface area contributed by atoms with Crippen LogP contribution < -0.4 is 10.6 Å². The predicted molar refractivity (Wildman–Crippen MR) is 115 cm³/mol. The van der Waals surface area contributed by atoms with Gasteiger partial charge in [0.15, 0.2) is 6.17 Å². The van der Waals surface area contributed by atoms with Gasteiger partial charge >= 0.3 is 0 Å². The Hall–Kier alpha value is -2.84. The van der Waals surface area contributed by atoms with E-state index < -0.39 is 11.1 Å². The molecule has 0 bridgehead atoms. The molecule has 2 aliphatic rings. The number of hydrogen-bond acceptors (Lipinski definition) is 6. The van der Waals surface area contributed by atoms with E-state index in [1.54, 1.807) is 23.5 Å². The second-order valence-corrected chi connectivity index (χ2v) is 9.24. The molecule has 1 amide bonds. The number of anilines is 1. The summed E-state index contributed by atoms with van der Waals surface area (Å²) in [5.41, 5.74) is 2.28. The number of fused-ring (bicyclic) bond motifs is 3. The standard InChI is InChI=1S/C21H18ClN3O4S/c1-10-2-4-12-17(8-10)30-21-18(12)20(26)23-19(24-21)16-7-6-15(29-16)13-9-11(25(27)28)3-5-14(13)22/h3,5-7,9-10,19,24H,2,4,8H2,1H3,(H,23,26)/t10-,19-/m1/s1. The number of rotatable bonds is 3. The molecule has 1 aliphatic heterocycles. The van der Waals surface area contributed by atoms with Crippen molar-refractivity contribution in [2.24, 2.45) is 5.92 Å². The number of thiophene rings is 1. The molecule has 154 valence electrons. The number of furan rings is 1. The van der Waals surface area contributed by atoms with Crippen LogP contribution in [0.4, 0.5) is 10.7 Å². The molecule has 3 heterocycles.